The predicted molar refractivity (Wildman–Crippen MR) is 131 cm³/mol. The molecule has 1 aliphatic carbocycles. The van der Waals surface area contributed by atoms with E-state index in [0.717, 1.165) is 29.7 Å². The fourth-order valence-corrected chi connectivity index (χ4v) is 4.33. The van der Waals surface area contributed by atoms with E-state index in [2.05, 4.69) is 4.98 Å². The molecule has 10 heteroatoms. The van der Waals surface area contributed by atoms with Crippen LogP contribution in [-0.2, 0) is 25.3 Å². The van der Waals surface area contributed by atoms with E-state index in [1.54, 1.807) is 61.8 Å². The highest BCUT2D eigenvalue weighted by molar-refractivity contribution is 6.64. The SMILES string of the molecule is COc1cncc(Oc2cccc3c2CC[C@H]3Oc2ccc(B3OC(=O)CN(C)CC(=O)O3)cc2)c1. The van der Waals surface area contributed by atoms with Crippen LogP contribution in [0.1, 0.15) is 23.7 Å². The number of carbonyl (C=O) groups excluding carboxylic acids is 2. The molecule has 1 atom stereocenters. The summed E-state index contributed by atoms with van der Waals surface area (Å²) >= 11 is 0. The summed E-state index contributed by atoms with van der Waals surface area (Å²) < 4.78 is 28.3. The third-order valence-corrected chi connectivity index (χ3v) is 6.03. The second kappa shape index (κ2) is 10.3. The number of likely N-dealkylation sites (N-methyl/N-ethyl adjacent to an activating group) is 1. The normalized spacial score (nSPS) is 17.9. The van der Waals surface area contributed by atoms with Gasteiger partial charge in [0.2, 0.25) is 0 Å². The number of hydrogen-bond acceptors (Lipinski definition) is 9. The molecule has 3 aromatic rings. The summed E-state index contributed by atoms with van der Waals surface area (Å²) in [5.41, 5.74) is 2.72. The van der Waals surface area contributed by atoms with Gasteiger partial charge in [0.05, 0.1) is 32.6 Å². The Balaban J connectivity index is 1.28. The van der Waals surface area contributed by atoms with Crippen LogP contribution in [0.2, 0.25) is 0 Å². The van der Waals surface area contributed by atoms with Crippen LogP contribution in [0.3, 0.4) is 0 Å². The molecule has 2 aromatic carbocycles. The zero-order valence-corrected chi connectivity index (χ0v) is 20.0. The molecule has 0 bridgehead atoms. The number of hydrogen-bond donors (Lipinski definition) is 0. The zero-order valence-electron chi connectivity index (χ0n) is 20.0. The highest BCUT2D eigenvalue weighted by Crippen LogP contribution is 2.41. The third kappa shape index (κ3) is 5.28. The van der Waals surface area contributed by atoms with Crippen molar-refractivity contribution in [3.8, 4) is 23.0 Å². The predicted octanol–water partition coefficient (Wildman–Crippen LogP) is 2.68. The molecule has 0 radical (unpaired) electrons. The average Bonchev–Trinajstić information content (AvgIpc) is 3.27. The number of ether oxygens (including phenoxy) is 3. The van der Waals surface area contributed by atoms with Crippen LogP contribution in [0.4, 0.5) is 0 Å². The Bertz CT molecular complexity index is 1250. The van der Waals surface area contributed by atoms with Crippen molar-refractivity contribution in [2.45, 2.75) is 18.9 Å². The van der Waals surface area contributed by atoms with Crippen LogP contribution in [0.25, 0.3) is 0 Å². The number of fused-ring (bicyclic) bond motifs is 1. The van der Waals surface area contributed by atoms with Crippen LogP contribution in [-0.4, -0.2) is 56.2 Å². The van der Waals surface area contributed by atoms with Crippen LogP contribution in [0, 0.1) is 0 Å². The number of pyridine rings is 1. The second-order valence-corrected chi connectivity index (χ2v) is 8.68. The molecule has 184 valence electrons. The Kier molecular flexibility index (Phi) is 6.77. The van der Waals surface area contributed by atoms with E-state index >= 15 is 0 Å². The van der Waals surface area contributed by atoms with Crippen molar-refractivity contribution in [1.82, 2.24) is 9.88 Å². The Morgan fingerprint density at radius 1 is 0.972 bits per heavy atom. The summed E-state index contributed by atoms with van der Waals surface area (Å²) in [6.45, 7) is 0.0435. The lowest BCUT2D eigenvalue weighted by atomic mass is 9.78. The highest BCUT2D eigenvalue weighted by atomic mass is 16.6. The smallest absolute Gasteiger partial charge is 0.495 e. The Labute approximate surface area is 209 Å². The van der Waals surface area contributed by atoms with E-state index in [0.29, 0.717) is 22.7 Å². The van der Waals surface area contributed by atoms with Crippen molar-refractivity contribution < 1.29 is 33.1 Å². The maximum absolute atomic E-state index is 12.0. The summed E-state index contributed by atoms with van der Waals surface area (Å²) in [5, 5.41) is 0. The maximum Gasteiger partial charge on any atom is 0.636 e. The van der Waals surface area contributed by atoms with Gasteiger partial charge in [0.1, 0.15) is 29.1 Å². The molecule has 0 N–H and O–H groups in total. The van der Waals surface area contributed by atoms with Crippen molar-refractivity contribution in [1.29, 1.82) is 0 Å². The zero-order chi connectivity index (χ0) is 25.1. The van der Waals surface area contributed by atoms with Crippen molar-refractivity contribution in [3.05, 3.63) is 72.1 Å². The second-order valence-electron chi connectivity index (χ2n) is 8.68. The third-order valence-electron chi connectivity index (χ3n) is 6.03. The molecular formula is C26H25BN2O7. The minimum absolute atomic E-state index is 0.0217. The van der Waals surface area contributed by atoms with Gasteiger partial charge in [-0.3, -0.25) is 19.5 Å². The number of nitrogens with zero attached hydrogens (tertiary/aromatic N) is 2. The van der Waals surface area contributed by atoms with Crippen LogP contribution in [0.5, 0.6) is 23.0 Å². The van der Waals surface area contributed by atoms with Gasteiger partial charge in [-0.15, -0.1) is 0 Å². The largest absolute Gasteiger partial charge is 0.636 e. The molecule has 0 amide bonds. The molecular weight excluding hydrogens is 463 g/mol. The molecule has 9 nitrogen and oxygen atoms in total. The highest BCUT2D eigenvalue weighted by Gasteiger charge is 2.34. The number of methoxy groups -OCH3 is 1. The summed E-state index contributed by atoms with van der Waals surface area (Å²) in [6.07, 6.45) is 4.76. The molecule has 1 saturated heterocycles. The summed E-state index contributed by atoms with van der Waals surface area (Å²) in [6, 6.07) is 14.7. The fourth-order valence-electron chi connectivity index (χ4n) is 4.33. The van der Waals surface area contributed by atoms with Gasteiger partial charge >= 0.3 is 19.1 Å². The molecule has 5 rings (SSSR count). The molecule has 1 fully saturated rings. The van der Waals surface area contributed by atoms with E-state index in [1.807, 2.05) is 18.2 Å². The topological polar surface area (TPSA) is 96.4 Å². The van der Waals surface area contributed by atoms with Gasteiger partial charge in [-0.2, -0.15) is 0 Å². The first-order valence-electron chi connectivity index (χ1n) is 11.6. The Morgan fingerprint density at radius 3 is 2.42 bits per heavy atom. The standard InChI is InChI=1S/C26H25BN2O7/c1-29-15-25(30)35-27(36-26(31)16-29)17-6-8-18(9-7-17)33-24-11-10-22-21(24)4-3-5-23(22)34-20-12-19(32-2)13-28-14-20/h3-9,12-14,24H,10-11,15-16H2,1-2H3/t24-/m1/s1. The number of aromatic nitrogens is 1. The van der Waals surface area contributed by atoms with Gasteiger partial charge in [0.25, 0.3) is 0 Å². The lowest BCUT2D eigenvalue weighted by Gasteiger charge is -2.22. The van der Waals surface area contributed by atoms with Gasteiger partial charge in [-0.05, 0) is 43.7 Å². The summed E-state index contributed by atoms with van der Waals surface area (Å²) in [5.74, 6) is 1.73. The first-order chi connectivity index (χ1) is 17.5. The van der Waals surface area contributed by atoms with Gasteiger partial charge in [0.15, 0.2) is 0 Å². The molecule has 0 spiro atoms. The van der Waals surface area contributed by atoms with Crippen LogP contribution in [0.15, 0.2) is 60.9 Å². The summed E-state index contributed by atoms with van der Waals surface area (Å²) in [7, 11) is 2.16. The lowest BCUT2D eigenvalue weighted by Crippen LogP contribution is -2.47. The van der Waals surface area contributed by atoms with E-state index in [-0.39, 0.29) is 19.2 Å². The molecule has 2 aliphatic rings. The first-order valence-corrected chi connectivity index (χ1v) is 11.6. The van der Waals surface area contributed by atoms with Crippen molar-refractivity contribution >= 4 is 24.5 Å². The molecule has 1 aliphatic heterocycles. The van der Waals surface area contributed by atoms with E-state index in [4.69, 9.17) is 23.5 Å². The Hall–Kier alpha value is -4.05. The first kappa shape index (κ1) is 23.7. The van der Waals surface area contributed by atoms with Gasteiger partial charge in [-0.1, -0.05) is 24.3 Å². The van der Waals surface area contributed by atoms with E-state index in [9.17, 15) is 9.59 Å². The molecule has 0 saturated carbocycles. The lowest BCUT2D eigenvalue weighted by molar-refractivity contribution is -0.145. The Morgan fingerprint density at radius 2 is 1.69 bits per heavy atom. The van der Waals surface area contributed by atoms with Gasteiger partial charge < -0.3 is 23.5 Å². The monoisotopic (exact) mass is 488 g/mol. The number of carbonyl (C=O) groups is 2. The number of rotatable bonds is 6. The van der Waals surface area contributed by atoms with Gasteiger partial charge in [-0.25, -0.2) is 0 Å². The van der Waals surface area contributed by atoms with Crippen molar-refractivity contribution in [2.75, 3.05) is 27.2 Å². The van der Waals surface area contributed by atoms with Crippen LogP contribution < -0.4 is 19.7 Å². The minimum Gasteiger partial charge on any atom is -0.495 e. The van der Waals surface area contributed by atoms with Crippen molar-refractivity contribution in [2.24, 2.45) is 0 Å². The summed E-state index contributed by atoms with van der Waals surface area (Å²) in [4.78, 5) is 29.7. The fraction of sp³-hybridized carbons (Fsp3) is 0.269. The van der Waals surface area contributed by atoms with E-state index in [1.165, 1.54) is 0 Å². The minimum atomic E-state index is -1.08. The molecule has 0 unspecified atom stereocenters. The van der Waals surface area contributed by atoms with Crippen molar-refractivity contribution in [3.63, 3.8) is 0 Å². The molecule has 36 heavy (non-hydrogen) atoms. The molecule has 2 heterocycles. The van der Waals surface area contributed by atoms with E-state index < -0.39 is 19.1 Å². The average molecular weight is 488 g/mol. The quantitative estimate of drug-likeness (QED) is 0.486. The maximum atomic E-state index is 12.0. The number of benzene rings is 2. The van der Waals surface area contributed by atoms with Gasteiger partial charge in [0, 0.05) is 17.1 Å². The molecule has 1 aromatic heterocycles. The van der Waals surface area contributed by atoms with Crippen LogP contribution >= 0.6 is 0 Å².